The number of nitrogens with one attached hydrogen (secondary N) is 1. The highest BCUT2D eigenvalue weighted by atomic mass is 16.1. The molecule has 0 aliphatic rings. The van der Waals surface area contributed by atoms with E-state index >= 15 is 0 Å². The first-order valence-corrected chi connectivity index (χ1v) is 5.81. The van der Waals surface area contributed by atoms with Crippen LogP contribution in [0, 0.1) is 13.8 Å². The third-order valence-electron chi connectivity index (χ3n) is 1.82. The molecule has 2 heteroatoms. The second kappa shape index (κ2) is 7.91. The molecule has 0 unspecified atom stereocenters. The summed E-state index contributed by atoms with van der Waals surface area (Å²) >= 11 is 0. The smallest absolute Gasteiger partial charge is 0.217 e. The molecule has 0 aromatic heterocycles. The highest BCUT2D eigenvalue weighted by Crippen LogP contribution is 2.08. The Morgan fingerprint density at radius 3 is 1.94 bits per heavy atom. The standard InChI is InChI=1S/C11H15NO.C3H8/c1-8-4-9(2)6-11(5-8)7-12-10(3)13;1-3-2/h4-6H,7H2,1-3H3,(H,12,13);3H2,1-2H3. The summed E-state index contributed by atoms with van der Waals surface area (Å²) in [4.78, 5) is 10.7. The highest BCUT2D eigenvalue weighted by Gasteiger charge is 1.96. The Balaban J connectivity index is 0.000000673. The molecule has 0 saturated carbocycles. The van der Waals surface area contributed by atoms with E-state index in [0.717, 1.165) is 5.56 Å². The first-order chi connectivity index (χ1) is 7.49. The fraction of sp³-hybridized carbons (Fsp3) is 0.500. The zero-order chi connectivity index (χ0) is 12.6. The van der Waals surface area contributed by atoms with Gasteiger partial charge >= 0.3 is 0 Å². The predicted molar refractivity (Wildman–Crippen MR) is 69.4 cm³/mol. The van der Waals surface area contributed by atoms with Crippen LogP contribution in [0.4, 0.5) is 0 Å². The Morgan fingerprint density at radius 1 is 1.12 bits per heavy atom. The van der Waals surface area contributed by atoms with Crippen molar-refractivity contribution in [3.05, 3.63) is 34.9 Å². The minimum Gasteiger partial charge on any atom is -0.352 e. The van der Waals surface area contributed by atoms with Gasteiger partial charge in [-0.15, -0.1) is 0 Å². The molecule has 16 heavy (non-hydrogen) atoms. The molecule has 0 atom stereocenters. The van der Waals surface area contributed by atoms with Crippen molar-refractivity contribution in [3.63, 3.8) is 0 Å². The average molecular weight is 221 g/mol. The Labute approximate surface area is 99.1 Å². The van der Waals surface area contributed by atoms with Crippen molar-refractivity contribution in [2.24, 2.45) is 0 Å². The number of carbonyl (C=O) groups is 1. The summed E-state index contributed by atoms with van der Waals surface area (Å²) in [5.41, 5.74) is 3.63. The van der Waals surface area contributed by atoms with Gasteiger partial charge < -0.3 is 5.32 Å². The van der Waals surface area contributed by atoms with Crippen LogP contribution in [0.5, 0.6) is 0 Å². The molecule has 0 fully saturated rings. The molecule has 0 heterocycles. The van der Waals surface area contributed by atoms with E-state index in [1.807, 2.05) is 0 Å². The van der Waals surface area contributed by atoms with Crippen molar-refractivity contribution >= 4 is 5.91 Å². The van der Waals surface area contributed by atoms with Crippen LogP contribution in [0.3, 0.4) is 0 Å². The second-order valence-corrected chi connectivity index (χ2v) is 4.11. The van der Waals surface area contributed by atoms with Crippen LogP contribution in [-0.4, -0.2) is 5.91 Å². The van der Waals surface area contributed by atoms with Crippen LogP contribution in [0.2, 0.25) is 0 Å². The molecule has 0 aliphatic carbocycles. The first-order valence-electron chi connectivity index (χ1n) is 5.81. The topological polar surface area (TPSA) is 29.1 Å². The molecule has 0 aliphatic heterocycles. The van der Waals surface area contributed by atoms with Gasteiger partial charge in [0.1, 0.15) is 0 Å². The van der Waals surface area contributed by atoms with Crippen molar-refractivity contribution < 1.29 is 4.79 Å². The van der Waals surface area contributed by atoms with Gasteiger partial charge in [-0.1, -0.05) is 49.6 Å². The summed E-state index contributed by atoms with van der Waals surface area (Å²) in [7, 11) is 0. The fourth-order valence-electron chi connectivity index (χ4n) is 1.40. The lowest BCUT2D eigenvalue weighted by atomic mass is 10.1. The van der Waals surface area contributed by atoms with E-state index < -0.39 is 0 Å². The Kier molecular flexibility index (Phi) is 7.27. The summed E-state index contributed by atoms with van der Waals surface area (Å²) < 4.78 is 0. The summed E-state index contributed by atoms with van der Waals surface area (Å²) in [6.45, 7) is 10.5. The molecule has 0 bridgehead atoms. The van der Waals surface area contributed by atoms with Crippen molar-refractivity contribution in [3.8, 4) is 0 Å². The molecule has 0 radical (unpaired) electrons. The van der Waals surface area contributed by atoms with Crippen LogP contribution >= 0.6 is 0 Å². The molecular weight excluding hydrogens is 198 g/mol. The molecule has 0 spiro atoms. The van der Waals surface area contributed by atoms with Gasteiger partial charge in [-0.25, -0.2) is 0 Å². The maximum atomic E-state index is 10.7. The lowest BCUT2D eigenvalue weighted by molar-refractivity contribution is -0.119. The number of amides is 1. The lowest BCUT2D eigenvalue weighted by Crippen LogP contribution is -2.18. The van der Waals surface area contributed by atoms with E-state index in [9.17, 15) is 4.79 Å². The summed E-state index contributed by atoms with van der Waals surface area (Å²) in [6.07, 6.45) is 1.25. The monoisotopic (exact) mass is 221 g/mol. The first kappa shape index (κ1) is 14.7. The Bertz CT molecular complexity index is 311. The van der Waals surface area contributed by atoms with Gasteiger partial charge in [0.25, 0.3) is 0 Å². The van der Waals surface area contributed by atoms with Crippen LogP contribution in [0.1, 0.15) is 43.9 Å². The number of aryl methyl sites for hydroxylation is 2. The molecule has 1 amide bonds. The maximum Gasteiger partial charge on any atom is 0.217 e. The molecule has 2 nitrogen and oxygen atoms in total. The zero-order valence-corrected chi connectivity index (χ0v) is 11.1. The maximum absolute atomic E-state index is 10.7. The second-order valence-electron chi connectivity index (χ2n) is 4.11. The van der Waals surface area contributed by atoms with Gasteiger partial charge in [-0.3, -0.25) is 4.79 Å². The van der Waals surface area contributed by atoms with E-state index in [-0.39, 0.29) is 5.91 Å². The SMILES string of the molecule is CC(=O)NCc1cc(C)cc(C)c1.CCC. The Morgan fingerprint density at radius 2 is 1.56 bits per heavy atom. The summed E-state index contributed by atoms with van der Waals surface area (Å²) in [5, 5.41) is 2.78. The van der Waals surface area contributed by atoms with E-state index in [4.69, 9.17) is 0 Å². The molecule has 0 saturated heterocycles. The summed E-state index contributed by atoms with van der Waals surface area (Å²) in [5.74, 6) is 0.0131. The molecule has 90 valence electrons. The van der Waals surface area contributed by atoms with Gasteiger partial charge in [0.05, 0.1) is 0 Å². The minimum atomic E-state index is 0.0131. The normalized spacial score (nSPS) is 9.06. The molecular formula is C14H23NO. The van der Waals surface area contributed by atoms with Crippen molar-refractivity contribution in [2.45, 2.75) is 47.6 Å². The van der Waals surface area contributed by atoms with Gasteiger partial charge in [0, 0.05) is 13.5 Å². The van der Waals surface area contributed by atoms with E-state index in [0.29, 0.717) is 6.54 Å². The van der Waals surface area contributed by atoms with Crippen molar-refractivity contribution in [2.75, 3.05) is 0 Å². The third-order valence-corrected chi connectivity index (χ3v) is 1.82. The van der Waals surface area contributed by atoms with Crippen molar-refractivity contribution in [1.29, 1.82) is 0 Å². The van der Waals surface area contributed by atoms with E-state index in [2.05, 4.69) is 51.2 Å². The van der Waals surface area contributed by atoms with Gasteiger partial charge in [-0.2, -0.15) is 0 Å². The van der Waals surface area contributed by atoms with Gasteiger partial charge in [0.2, 0.25) is 5.91 Å². The predicted octanol–water partition coefficient (Wildman–Crippen LogP) is 3.36. The summed E-state index contributed by atoms with van der Waals surface area (Å²) in [6, 6.07) is 6.29. The highest BCUT2D eigenvalue weighted by molar-refractivity contribution is 5.72. The van der Waals surface area contributed by atoms with Gasteiger partial charge in [0.15, 0.2) is 0 Å². The van der Waals surface area contributed by atoms with Crippen LogP contribution in [0.15, 0.2) is 18.2 Å². The molecule has 1 aromatic carbocycles. The fourth-order valence-corrected chi connectivity index (χ4v) is 1.40. The lowest BCUT2D eigenvalue weighted by Gasteiger charge is -2.05. The molecule has 1 aromatic rings. The number of benzene rings is 1. The average Bonchev–Trinajstić information content (AvgIpc) is 2.14. The third kappa shape index (κ3) is 7.04. The zero-order valence-electron chi connectivity index (χ0n) is 11.1. The minimum absolute atomic E-state index is 0.0131. The van der Waals surface area contributed by atoms with Crippen LogP contribution < -0.4 is 5.32 Å². The number of hydrogen-bond acceptors (Lipinski definition) is 1. The largest absolute Gasteiger partial charge is 0.352 e. The number of carbonyl (C=O) groups excluding carboxylic acids is 1. The molecule has 1 N–H and O–H groups in total. The number of hydrogen-bond donors (Lipinski definition) is 1. The quantitative estimate of drug-likeness (QED) is 0.815. The van der Waals surface area contributed by atoms with Crippen LogP contribution in [0.25, 0.3) is 0 Å². The Hall–Kier alpha value is -1.31. The molecule has 1 rings (SSSR count). The van der Waals surface area contributed by atoms with E-state index in [1.165, 1.54) is 24.5 Å². The van der Waals surface area contributed by atoms with Crippen molar-refractivity contribution in [1.82, 2.24) is 5.32 Å². The number of rotatable bonds is 2. The van der Waals surface area contributed by atoms with E-state index in [1.54, 1.807) is 0 Å². The van der Waals surface area contributed by atoms with Gasteiger partial charge in [-0.05, 0) is 19.4 Å². The van der Waals surface area contributed by atoms with Crippen LogP contribution in [-0.2, 0) is 11.3 Å².